The van der Waals surface area contributed by atoms with Gasteiger partial charge in [-0.05, 0) is 36.1 Å². The summed E-state index contributed by atoms with van der Waals surface area (Å²) in [6.45, 7) is 0.498. The van der Waals surface area contributed by atoms with E-state index in [0.717, 1.165) is 12.8 Å². The van der Waals surface area contributed by atoms with E-state index >= 15 is 0 Å². The number of ether oxygens (including phenoxy) is 2. The van der Waals surface area contributed by atoms with Crippen LogP contribution in [0.15, 0.2) is 60.7 Å². The van der Waals surface area contributed by atoms with Crippen molar-refractivity contribution in [1.82, 2.24) is 0 Å². The van der Waals surface area contributed by atoms with Gasteiger partial charge < -0.3 is 29.9 Å². The molecule has 4 rings (SSSR count). The zero-order chi connectivity index (χ0) is 21.1. The van der Waals surface area contributed by atoms with Crippen molar-refractivity contribution in [2.24, 2.45) is 0 Å². The Kier molecular flexibility index (Phi) is 5.68. The summed E-state index contributed by atoms with van der Waals surface area (Å²) in [6, 6.07) is 17.4. The van der Waals surface area contributed by atoms with E-state index in [1.807, 2.05) is 18.2 Å². The zero-order valence-corrected chi connectivity index (χ0v) is 16.4. The van der Waals surface area contributed by atoms with Gasteiger partial charge in [0.25, 0.3) is 0 Å². The molecule has 6 heteroatoms. The quantitative estimate of drug-likeness (QED) is 0.360. The van der Waals surface area contributed by atoms with Gasteiger partial charge in [-0.1, -0.05) is 36.4 Å². The lowest BCUT2D eigenvalue weighted by atomic mass is 9.93. The van der Waals surface area contributed by atoms with E-state index in [2.05, 4.69) is 12.1 Å². The van der Waals surface area contributed by atoms with Crippen LogP contribution < -0.4 is 4.74 Å². The Morgan fingerprint density at radius 1 is 0.867 bits per heavy atom. The lowest BCUT2D eigenvalue weighted by molar-refractivity contribution is -0.0388. The average molecular weight is 408 g/mol. The molecule has 6 nitrogen and oxygen atoms in total. The van der Waals surface area contributed by atoms with Crippen molar-refractivity contribution < 1.29 is 29.9 Å². The van der Waals surface area contributed by atoms with Crippen molar-refractivity contribution in [1.29, 1.82) is 0 Å². The van der Waals surface area contributed by atoms with Crippen LogP contribution >= 0.6 is 0 Å². The first-order chi connectivity index (χ1) is 14.5. The predicted octanol–water partition coefficient (Wildman–Crippen LogP) is 4.20. The van der Waals surface area contributed by atoms with Gasteiger partial charge in [-0.3, -0.25) is 0 Å². The minimum absolute atomic E-state index is 0.0464. The Morgan fingerprint density at radius 2 is 1.67 bits per heavy atom. The third kappa shape index (κ3) is 4.28. The van der Waals surface area contributed by atoms with Gasteiger partial charge in [-0.2, -0.15) is 0 Å². The molecule has 0 aliphatic carbocycles. The van der Waals surface area contributed by atoms with Gasteiger partial charge in [-0.15, -0.1) is 0 Å². The van der Waals surface area contributed by atoms with Crippen LogP contribution in [0.25, 0.3) is 0 Å². The van der Waals surface area contributed by atoms with Crippen LogP contribution in [-0.2, 0) is 17.6 Å². The van der Waals surface area contributed by atoms with Crippen LogP contribution in [-0.4, -0.2) is 33.1 Å². The number of rotatable bonds is 6. The first kappa shape index (κ1) is 19.9. The Balaban J connectivity index is 1.53. The second-order valence-corrected chi connectivity index (χ2v) is 7.43. The Bertz CT molecular complexity index is 1020. The first-order valence-corrected chi connectivity index (χ1v) is 9.90. The van der Waals surface area contributed by atoms with Gasteiger partial charge in [0.2, 0.25) is 0 Å². The van der Waals surface area contributed by atoms with Gasteiger partial charge >= 0.3 is 0 Å². The molecular formula is C24H24O6. The minimum atomic E-state index is -0.568. The summed E-state index contributed by atoms with van der Waals surface area (Å²) in [5.74, 6) is -0.237. The number of aromatic hydroxyl groups is 4. The maximum absolute atomic E-state index is 10.2. The number of fused-ring (bicyclic) bond motifs is 1. The lowest BCUT2D eigenvalue weighted by Gasteiger charge is -2.34. The number of benzene rings is 3. The topological polar surface area (TPSA) is 99.4 Å². The van der Waals surface area contributed by atoms with Crippen LogP contribution in [0.2, 0.25) is 0 Å². The van der Waals surface area contributed by atoms with Gasteiger partial charge in [0.1, 0.15) is 23.4 Å². The maximum Gasteiger partial charge on any atom is 0.157 e. The van der Waals surface area contributed by atoms with E-state index in [4.69, 9.17) is 9.47 Å². The molecule has 156 valence electrons. The molecule has 0 amide bonds. The summed E-state index contributed by atoms with van der Waals surface area (Å²) in [4.78, 5) is 0. The molecule has 1 heterocycles. The van der Waals surface area contributed by atoms with Crippen LogP contribution in [0.5, 0.6) is 28.7 Å². The third-order valence-corrected chi connectivity index (χ3v) is 5.28. The molecule has 0 radical (unpaired) electrons. The molecule has 3 aromatic carbocycles. The molecule has 0 aromatic heterocycles. The van der Waals surface area contributed by atoms with Crippen molar-refractivity contribution in [2.75, 3.05) is 6.61 Å². The average Bonchev–Trinajstić information content (AvgIpc) is 2.73. The van der Waals surface area contributed by atoms with Gasteiger partial charge in [0, 0.05) is 30.7 Å². The molecule has 2 atom stereocenters. The Labute approximate surface area is 174 Å². The SMILES string of the molecule is Oc1cc(O)c2c(c1)O[C@H](c1ccc(O)c(O)c1)[C@@H](OCCCc1ccccc1)C2. The summed E-state index contributed by atoms with van der Waals surface area (Å²) in [5, 5.41) is 39.6. The fraction of sp³-hybridized carbons (Fsp3) is 0.250. The Hall–Kier alpha value is -3.38. The molecule has 0 unspecified atom stereocenters. The number of aryl methyl sites for hydroxylation is 1. The van der Waals surface area contributed by atoms with Gasteiger partial charge in [-0.25, -0.2) is 0 Å². The standard InChI is InChI=1S/C24H24O6/c25-17-12-20(27)18-14-23(29-10-4-7-15-5-2-1-3-6-15)24(30-22(18)13-17)16-8-9-19(26)21(28)11-16/h1-3,5-6,8-9,11-13,23-28H,4,7,10,14H2/t23-,24+/m0/s1. The van der Waals surface area contributed by atoms with Crippen LogP contribution in [0.3, 0.4) is 0 Å². The van der Waals surface area contributed by atoms with Crippen LogP contribution in [0, 0.1) is 0 Å². The molecule has 4 N–H and O–H groups in total. The van der Waals surface area contributed by atoms with E-state index in [1.165, 1.54) is 29.8 Å². The summed E-state index contributed by atoms with van der Waals surface area (Å²) in [5.41, 5.74) is 2.44. The molecule has 0 saturated carbocycles. The molecule has 0 fully saturated rings. The number of hydrogen-bond acceptors (Lipinski definition) is 6. The number of hydrogen-bond donors (Lipinski definition) is 4. The Morgan fingerprint density at radius 3 is 2.43 bits per heavy atom. The second-order valence-electron chi connectivity index (χ2n) is 7.43. The highest BCUT2D eigenvalue weighted by Crippen LogP contribution is 2.43. The van der Waals surface area contributed by atoms with Gasteiger partial charge in [0.15, 0.2) is 17.6 Å². The second kappa shape index (κ2) is 8.55. The molecular weight excluding hydrogens is 384 g/mol. The largest absolute Gasteiger partial charge is 0.508 e. The minimum Gasteiger partial charge on any atom is -0.508 e. The number of phenolic OH excluding ortho intramolecular Hbond substituents is 4. The van der Waals surface area contributed by atoms with E-state index in [1.54, 1.807) is 6.07 Å². The first-order valence-electron chi connectivity index (χ1n) is 9.90. The van der Waals surface area contributed by atoms with E-state index in [0.29, 0.717) is 29.9 Å². The smallest absolute Gasteiger partial charge is 0.157 e. The predicted molar refractivity (Wildman–Crippen MR) is 111 cm³/mol. The van der Waals surface area contributed by atoms with E-state index < -0.39 is 12.2 Å². The van der Waals surface area contributed by atoms with Crippen molar-refractivity contribution >= 4 is 0 Å². The molecule has 30 heavy (non-hydrogen) atoms. The highest BCUT2D eigenvalue weighted by molar-refractivity contribution is 5.52. The van der Waals surface area contributed by atoms with Crippen molar-refractivity contribution in [3.05, 3.63) is 77.4 Å². The molecule has 0 spiro atoms. The monoisotopic (exact) mass is 408 g/mol. The number of phenols is 4. The fourth-order valence-electron chi connectivity index (χ4n) is 3.75. The van der Waals surface area contributed by atoms with Crippen molar-refractivity contribution in [2.45, 2.75) is 31.5 Å². The van der Waals surface area contributed by atoms with Crippen LogP contribution in [0.1, 0.15) is 29.2 Å². The van der Waals surface area contributed by atoms with Crippen molar-refractivity contribution in [3.8, 4) is 28.7 Å². The third-order valence-electron chi connectivity index (χ3n) is 5.28. The summed E-state index contributed by atoms with van der Waals surface area (Å²) in [7, 11) is 0. The summed E-state index contributed by atoms with van der Waals surface area (Å²) >= 11 is 0. The highest BCUT2D eigenvalue weighted by Gasteiger charge is 2.34. The highest BCUT2D eigenvalue weighted by atomic mass is 16.5. The zero-order valence-electron chi connectivity index (χ0n) is 16.4. The summed E-state index contributed by atoms with van der Waals surface area (Å²) < 4.78 is 12.2. The molecule has 0 bridgehead atoms. The molecule has 3 aromatic rings. The van der Waals surface area contributed by atoms with Crippen LogP contribution in [0.4, 0.5) is 0 Å². The molecule has 0 saturated heterocycles. The van der Waals surface area contributed by atoms with Gasteiger partial charge in [0.05, 0.1) is 0 Å². The van der Waals surface area contributed by atoms with E-state index in [9.17, 15) is 20.4 Å². The fourth-order valence-corrected chi connectivity index (χ4v) is 3.75. The van der Waals surface area contributed by atoms with Crippen molar-refractivity contribution in [3.63, 3.8) is 0 Å². The maximum atomic E-state index is 10.2. The summed E-state index contributed by atoms with van der Waals surface area (Å²) in [6.07, 6.45) is 1.12. The molecule has 1 aliphatic heterocycles. The normalized spacial score (nSPS) is 17.9. The molecule has 1 aliphatic rings. The lowest BCUT2D eigenvalue weighted by Crippen LogP contribution is -2.33. The van der Waals surface area contributed by atoms with E-state index in [-0.39, 0.29) is 23.0 Å².